The lowest BCUT2D eigenvalue weighted by molar-refractivity contribution is -0.145. The first-order valence-electron chi connectivity index (χ1n) is 7.70. The third-order valence-electron chi connectivity index (χ3n) is 3.98. The quantitative estimate of drug-likeness (QED) is 0.827. The maximum Gasteiger partial charge on any atom is 0.451 e. The lowest BCUT2D eigenvalue weighted by Gasteiger charge is -2.27. The number of hydrogen-bond acceptors (Lipinski definition) is 5. The molecule has 0 aromatic carbocycles. The molecule has 1 saturated heterocycles. The average Bonchev–Trinajstić information content (AvgIpc) is 2.54. The molecule has 1 aromatic rings. The number of carbonyl (C=O) groups is 2. The van der Waals surface area contributed by atoms with Crippen LogP contribution in [0.15, 0.2) is 6.07 Å². The molecule has 2 rings (SSSR count). The van der Waals surface area contributed by atoms with Crippen LogP contribution in [0.4, 0.5) is 13.2 Å². The van der Waals surface area contributed by atoms with Crippen molar-refractivity contribution >= 4 is 11.9 Å². The van der Waals surface area contributed by atoms with E-state index in [9.17, 15) is 27.9 Å². The highest BCUT2D eigenvalue weighted by molar-refractivity contribution is 5.92. The first-order valence-corrected chi connectivity index (χ1v) is 7.70. The van der Waals surface area contributed by atoms with Crippen molar-refractivity contribution in [1.29, 1.82) is 0 Å². The van der Waals surface area contributed by atoms with E-state index in [4.69, 9.17) is 4.74 Å². The number of carboxylic acids is 1. The molecule has 1 fully saturated rings. The third-order valence-corrected chi connectivity index (χ3v) is 3.98. The summed E-state index contributed by atoms with van der Waals surface area (Å²) in [5.41, 5.74) is -0.456. The summed E-state index contributed by atoms with van der Waals surface area (Å²) in [5, 5.41) is 11.7. The Balaban J connectivity index is 2.08. The summed E-state index contributed by atoms with van der Waals surface area (Å²) in [5.74, 6) is -4.34. The van der Waals surface area contributed by atoms with Gasteiger partial charge in [-0.3, -0.25) is 9.59 Å². The molecule has 0 aliphatic carbocycles. The summed E-state index contributed by atoms with van der Waals surface area (Å²) < 4.78 is 43.4. The maximum atomic E-state index is 12.7. The van der Waals surface area contributed by atoms with E-state index >= 15 is 0 Å². The van der Waals surface area contributed by atoms with Crippen LogP contribution in [0.25, 0.3) is 0 Å². The number of amides is 1. The highest BCUT2D eigenvalue weighted by Gasteiger charge is 2.36. The normalized spacial score (nSPS) is 17.1. The largest absolute Gasteiger partial charge is 0.481 e. The van der Waals surface area contributed by atoms with Crippen LogP contribution in [0, 0.1) is 18.8 Å². The van der Waals surface area contributed by atoms with Gasteiger partial charge in [0.1, 0.15) is 5.69 Å². The second-order valence-corrected chi connectivity index (χ2v) is 5.82. The van der Waals surface area contributed by atoms with Crippen molar-refractivity contribution < 1.29 is 32.6 Å². The van der Waals surface area contributed by atoms with Crippen LogP contribution >= 0.6 is 0 Å². The molecule has 25 heavy (non-hydrogen) atoms. The third kappa shape index (κ3) is 5.12. The number of nitrogens with one attached hydrogen (secondary N) is 1. The number of halogens is 3. The van der Waals surface area contributed by atoms with E-state index in [1.165, 1.54) is 6.92 Å². The number of alkyl halides is 3. The molecular weight excluding hydrogens is 343 g/mol. The number of aromatic nitrogens is 2. The molecular formula is C15H18F3N3O4. The number of carbonyl (C=O) groups excluding carboxylic acids is 1. The minimum atomic E-state index is -4.77. The van der Waals surface area contributed by atoms with Gasteiger partial charge in [-0.1, -0.05) is 0 Å². The number of aliphatic carboxylic acids is 1. The topological polar surface area (TPSA) is 101 Å². The molecule has 2 heterocycles. The van der Waals surface area contributed by atoms with Gasteiger partial charge in [-0.25, -0.2) is 9.97 Å². The molecule has 1 unspecified atom stereocenters. The van der Waals surface area contributed by atoms with Crippen LogP contribution in [0.5, 0.6) is 0 Å². The zero-order valence-corrected chi connectivity index (χ0v) is 13.5. The molecule has 138 valence electrons. The van der Waals surface area contributed by atoms with Crippen molar-refractivity contribution in [1.82, 2.24) is 15.3 Å². The SMILES string of the molecule is Cc1cc(C(=O)NCC(C(=O)O)C2CCOCC2)nc(C(F)(F)F)n1. The van der Waals surface area contributed by atoms with E-state index < -0.39 is 35.5 Å². The Morgan fingerprint density at radius 1 is 1.36 bits per heavy atom. The van der Waals surface area contributed by atoms with Crippen LogP contribution in [0.3, 0.4) is 0 Å². The molecule has 1 amide bonds. The number of rotatable bonds is 5. The van der Waals surface area contributed by atoms with Gasteiger partial charge in [-0.2, -0.15) is 13.2 Å². The number of nitrogens with zero attached hydrogens (tertiary/aromatic N) is 2. The van der Waals surface area contributed by atoms with Crippen molar-refractivity contribution in [3.63, 3.8) is 0 Å². The van der Waals surface area contributed by atoms with Gasteiger partial charge in [0, 0.05) is 25.5 Å². The minimum Gasteiger partial charge on any atom is -0.481 e. The summed E-state index contributed by atoms with van der Waals surface area (Å²) in [7, 11) is 0. The van der Waals surface area contributed by atoms with Crippen LogP contribution in [-0.4, -0.2) is 46.7 Å². The highest BCUT2D eigenvalue weighted by atomic mass is 19.4. The lowest BCUT2D eigenvalue weighted by atomic mass is 9.86. The summed E-state index contributed by atoms with van der Waals surface area (Å²) in [6, 6.07) is 1.12. The molecule has 10 heteroatoms. The Hall–Kier alpha value is -2.23. The Labute approximate surface area is 141 Å². The Morgan fingerprint density at radius 3 is 2.56 bits per heavy atom. The van der Waals surface area contributed by atoms with Gasteiger partial charge in [-0.05, 0) is 31.7 Å². The van der Waals surface area contributed by atoms with Gasteiger partial charge in [0.05, 0.1) is 5.92 Å². The molecule has 1 atom stereocenters. The van der Waals surface area contributed by atoms with E-state index in [0.29, 0.717) is 26.1 Å². The smallest absolute Gasteiger partial charge is 0.451 e. The Kier molecular flexibility index (Phi) is 5.93. The predicted molar refractivity (Wildman–Crippen MR) is 78.8 cm³/mol. The monoisotopic (exact) mass is 361 g/mol. The van der Waals surface area contributed by atoms with Gasteiger partial charge < -0.3 is 15.2 Å². The average molecular weight is 361 g/mol. The summed E-state index contributed by atoms with van der Waals surface area (Å²) in [6.45, 7) is 2.02. The van der Waals surface area contributed by atoms with Crippen molar-refractivity contribution in [3.8, 4) is 0 Å². The van der Waals surface area contributed by atoms with E-state index in [2.05, 4.69) is 15.3 Å². The van der Waals surface area contributed by atoms with E-state index in [1.807, 2.05) is 0 Å². The van der Waals surface area contributed by atoms with E-state index in [-0.39, 0.29) is 18.2 Å². The highest BCUT2D eigenvalue weighted by Crippen LogP contribution is 2.26. The van der Waals surface area contributed by atoms with Crippen LogP contribution in [-0.2, 0) is 15.7 Å². The first kappa shape index (κ1) is 19.1. The molecule has 0 radical (unpaired) electrons. The van der Waals surface area contributed by atoms with Crippen LogP contribution in [0.2, 0.25) is 0 Å². The molecule has 2 N–H and O–H groups in total. The van der Waals surface area contributed by atoms with Gasteiger partial charge >= 0.3 is 12.1 Å². The predicted octanol–water partition coefficient (Wildman–Crippen LogP) is 1.66. The molecule has 0 bridgehead atoms. The number of ether oxygens (including phenoxy) is 1. The zero-order chi connectivity index (χ0) is 18.6. The van der Waals surface area contributed by atoms with E-state index in [0.717, 1.165) is 6.07 Å². The second kappa shape index (κ2) is 7.77. The fourth-order valence-electron chi connectivity index (χ4n) is 2.68. The van der Waals surface area contributed by atoms with Gasteiger partial charge in [-0.15, -0.1) is 0 Å². The van der Waals surface area contributed by atoms with Crippen molar-refractivity contribution in [2.75, 3.05) is 19.8 Å². The molecule has 1 aliphatic heterocycles. The zero-order valence-electron chi connectivity index (χ0n) is 13.5. The fraction of sp³-hybridized carbons (Fsp3) is 0.600. The summed E-state index contributed by atoms with van der Waals surface area (Å²) >= 11 is 0. The van der Waals surface area contributed by atoms with Crippen LogP contribution < -0.4 is 5.32 Å². The Bertz CT molecular complexity index is 645. The van der Waals surface area contributed by atoms with Gasteiger partial charge in [0.2, 0.25) is 5.82 Å². The van der Waals surface area contributed by atoms with Crippen LogP contribution in [0.1, 0.15) is 34.8 Å². The van der Waals surface area contributed by atoms with Crippen molar-refractivity contribution in [2.45, 2.75) is 25.9 Å². The number of carboxylic acid groups (broad SMARTS) is 1. The standard InChI is InChI=1S/C15H18F3N3O4/c1-8-6-11(21-14(20-8)15(16,17)18)12(22)19-7-10(13(23)24)9-2-4-25-5-3-9/h6,9-10H,2-5,7H2,1H3,(H,19,22)(H,23,24). The molecule has 0 saturated carbocycles. The summed E-state index contributed by atoms with van der Waals surface area (Å²) in [6.07, 6.45) is -3.66. The summed E-state index contributed by atoms with van der Waals surface area (Å²) in [4.78, 5) is 30.0. The lowest BCUT2D eigenvalue weighted by Crippen LogP contribution is -2.39. The number of aryl methyl sites for hydroxylation is 1. The van der Waals surface area contributed by atoms with Crippen molar-refractivity contribution in [2.24, 2.45) is 11.8 Å². The maximum absolute atomic E-state index is 12.7. The molecule has 1 aliphatic rings. The molecule has 7 nitrogen and oxygen atoms in total. The second-order valence-electron chi connectivity index (χ2n) is 5.82. The molecule has 0 spiro atoms. The minimum absolute atomic E-state index is 0.00770. The fourth-order valence-corrected chi connectivity index (χ4v) is 2.68. The van der Waals surface area contributed by atoms with Gasteiger partial charge in [0.15, 0.2) is 0 Å². The van der Waals surface area contributed by atoms with Crippen molar-refractivity contribution in [3.05, 3.63) is 23.3 Å². The first-order chi connectivity index (χ1) is 11.7. The molecule has 1 aromatic heterocycles. The van der Waals surface area contributed by atoms with E-state index in [1.54, 1.807) is 0 Å². The number of hydrogen-bond donors (Lipinski definition) is 2. The van der Waals surface area contributed by atoms with Gasteiger partial charge in [0.25, 0.3) is 5.91 Å². The Morgan fingerprint density at radius 2 is 2.00 bits per heavy atom.